The lowest BCUT2D eigenvalue weighted by Gasteiger charge is -2.24. The highest BCUT2D eigenvalue weighted by molar-refractivity contribution is 5.50. The lowest BCUT2D eigenvalue weighted by atomic mass is 10.2. The predicted octanol–water partition coefficient (Wildman–Crippen LogP) is 1.76. The Morgan fingerprint density at radius 2 is 2.25 bits per heavy atom. The number of ether oxygens (including phenoxy) is 1. The van der Waals surface area contributed by atoms with Crippen molar-refractivity contribution in [2.45, 2.75) is 32.4 Å². The molecule has 7 heteroatoms. The number of nitrogens with zero attached hydrogens (tertiary/aromatic N) is 4. The van der Waals surface area contributed by atoms with Crippen LogP contribution in [0.5, 0.6) is 5.88 Å². The molecule has 2 aromatic heterocycles. The van der Waals surface area contributed by atoms with Gasteiger partial charge in [-0.3, -0.25) is 0 Å². The molecule has 1 saturated heterocycles. The van der Waals surface area contributed by atoms with Gasteiger partial charge in [-0.2, -0.15) is 0 Å². The highest BCUT2D eigenvalue weighted by Crippen LogP contribution is 2.25. The van der Waals surface area contributed by atoms with E-state index in [0.29, 0.717) is 12.4 Å². The highest BCUT2D eigenvalue weighted by Gasteiger charge is 2.25. The average Bonchev–Trinajstić information content (AvgIpc) is 3.09. The van der Waals surface area contributed by atoms with Gasteiger partial charge in [-0.25, -0.2) is 15.0 Å². The summed E-state index contributed by atoms with van der Waals surface area (Å²) >= 11 is 0. The first-order chi connectivity index (χ1) is 11.7. The van der Waals surface area contributed by atoms with E-state index in [0.717, 1.165) is 42.3 Å². The number of rotatable bonds is 6. The number of pyridine rings is 1. The third-order valence-corrected chi connectivity index (χ3v) is 4.27. The second kappa shape index (κ2) is 7.44. The minimum atomic E-state index is 0.147. The first kappa shape index (κ1) is 16.4. The molecule has 1 fully saturated rings. The zero-order chi connectivity index (χ0) is 16.9. The second-order valence-corrected chi connectivity index (χ2v) is 5.91. The van der Waals surface area contributed by atoms with Gasteiger partial charge in [0.1, 0.15) is 18.0 Å². The molecule has 0 saturated carbocycles. The summed E-state index contributed by atoms with van der Waals surface area (Å²) in [5.41, 5.74) is 1.89. The van der Waals surface area contributed by atoms with Crippen molar-refractivity contribution >= 4 is 11.6 Å². The Balaban J connectivity index is 1.71. The number of aromatic nitrogens is 3. The van der Waals surface area contributed by atoms with Crippen molar-refractivity contribution in [1.29, 1.82) is 0 Å². The topological polar surface area (TPSA) is 83.4 Å². The van der Waals surface area contributed by atoms with Crippen molar-refractivity contribution in [3.05, 3.63) is 35.8 Å². The van der Waals surface area contributed by atoms with Crippen molar-refractivity contribution in [3.63, 3.8) is 0 Å². The average molecular weight is 329 g/mol. The van der Waals surface area contributed by atoms with Crippen LogP contribution in [0.1, 0.15) is 24.1 Å². The maximum absolute atomic E-state index is 9.48. The third kappa shape index (κ3) is 3.56. The van der Waals surface area contributed by atoms with E-state index in [1.807, 2.05) is 25.1 Å². The number of hydrogen-bond acceptors (Lipinski definition) is 7. The molecule has 7 nitrogen and oxygen atoms in total. The first-order valence-corrected chi connectivity index (χ1v) is 8.15. The van der Waals surface area contributed by atoms with Crippen LogP contribution in [0.3, 0.4) is 0 Å². The molecule has 1 aliphatic heterocycles. The molecule has 0 aliphatic carbocycles. The number of aliphatic hydroxyl groups excluding tert-OH is 1. The molecular weight excluding hydrogens is 306 g/mol. The van der Waals surface area contributed by atoms with Crippen molar-refractivity contribution in [2.24, 2.45) is 0 Å². The summed E-state index contributed by atoms with van der Waals surface area (Å²) in [6.45, 7) is 3.57. The number of aliphatic hydroxyl groups is 1. The number of aryl methyl sites for hydroxylation is 1. The van der Waals surface area contributed by atoms with Gasteiger partial charge in [0.05, 0.1) is 19.8 Å². The van der Waals surface area contributed by atoms with Gasteiger partial charge in [0.2, 0.25) is 5.88 Å². The lowest BCUT2D eigenvalue weighted by Crippen LogP contribution is -2.32. The third-order valence-electron chi connectivity index (χ3n) is 4.27. The summed E-state index contributed by atoms with van der Waals surface area (Å²) in [4.78, 5) is 15.1. The predicted molar refractivity (Wildman–Crippen MR) is 92.3 cm³/mol. The van der Waals surface area contributed by atoms with Crippen LogP contribution >= 0.6 is 0 Å². The summed E-state index contributed by atoms with van der Waals surface area (Å²) in [5.74, 6) is 2.21. The van der Waals surface area contributed by atoms with Crippen molar-refractivity contribution in [3.8, 4) is 5.88 Å². The number of methoxy groups -OCH3 is 1. The van der Waals surface area contributed by atoms with Gasteiger partial charge in [-0.15, -0.1) is 0 Å². The van der Waals surface area contributed by atoms with Crippen LogP contribution in [0.15, 0.2) is 24.5 Å². The molecule has 2 aromatic rings. The van der Waals surface area contributed by atoms with Gasteiger partial charge in [0.25, 0.3) is 0 Å². The van der Waals surface area contributed by atoms with Gasteiger partial charge >= 0.3 is 0 Å². The molecule has 0 spiro atoms. The normalized spacial score (nSPS) is 17.1. The van der Waals surface area contributed by atoms with Crippen molar-refractivity contribution in [1.82, 2.24) is 15.0 Å². The number of anilines is 2. The van der Waals surface area contributed by atoms with Crippen LogP contribution in [-0.4, -0.2) is 46.4 Å². The molecular formula is C17H23N5O2. The Kier molecular flexibility index (Phi) is 5.10. The summed E-state index contributed by atoms with van der Waals surface area (Å²) in [5, 5.41) is 12.8. The van der Waals surface area contributed by atoms with Crippen LogP contribution in [0, 0.1) is 6.92 Å². The second-order valence-electron chi connectivity index (χ2n) is 5.91. The zero-order valence-corrected chi connectivity index (χ0v) is 14.1. The molecule has 0 aromatic carbocycles. The smallest absolute Gasteiger partial charge is 0.218 e. The Morgan fingerprint density at radius 1 is 1.38 bits per heavy atom. The van der Waals surface area contributed by atoms with E-state index in [1.54, 1.807) is 13.4 Å². The first-order valence-electron chi connectivity index (χ1n) is 8.15. The molecule has 0 unspecified atom stereocenters. The van der Waals surface area contributed by atoms with E-state index >= 15 is 0 Å². The van der Waals surface area contributed by atoms with Crippen LogP contribution in [0.2, 0.25) is 0 Å². The van der Waals surface area contributed by atoms with E-state index in [9.17, 15) is 5.11 Å². The summed E-state index contributed by atoms with van der Waals surface area (Å²) in [6, 6.07) is 6.02. The summed E-state index contributed by atoms with van der Waals surface area (Å²) < 4.78 is 5.33. The quantitative estimate of drug-likeness (QED) is 0.835. The van der Waals surface area contributed by atoms with E-state index in [1.165, 1.54) is 0 Å². The summed E-state index contributed by atoms with van der Waals surface area (Å²) in [6.07, 6.45) is 3.62. The fraction of sp³-hybridized carbons (Fsp3) is 0.471. The van der Waals surface area contributed by atoms with Gasteiger partial charge in [0, 0.05) is 30.4 Å². The molecule has 0 amide bonds. The number of nitrogens with one attached hydrogen (secondary N) is 1. The molecule has 2 N–H and O–H groups in total. The molecule has 24 heavy (non-hydrogen) atoms. The van der Waals surface area contributed by atoms with Crippen LogP contribution in [0.4, 0.5) is 11.6 Å². The maximum atomic E-state index is 9.48. The van der Waals surface area contributed by atoms with E-state index in [2.05, 4.69) is 25.2 Å². The standard InChI is InChI=1S/C17H23N5O2/c1-12-5-6-13(17(21-12)24-2)9-18-15-8-16(20-11-19-15)22-7-3-4-14(22)10-23/h5-6,8,11,14,23H,3-4,7,9-10H2,1-2H3,(H,18,19,20)/t14-/m1/s1. The maximum Gasteiger partial charge on any atom is 0.218 e. The van der Waals surface area contributed by atoms with Gasteiger partial charge in [-0.1, -0.05) is 6.07 Å². The SMILES string of the molecule is COc1nc(C)ccc1CNc1cc(N2CCC[C@@H]2CO)ncn1. The lowest BCUT2D eigenvalue weighted by molar-refractivity contribution is 0.266. The zero-order valence-electron chi connectivity index (χ0n) is 14.1. The van der Waals surface area contributed by atoms with Crippen LogP contribution < -0.4 is 15.0 Å². The van der Waals surface area contributed by atoms with Crippen molar-refractivity contribution in [2.75, 3.05) is 30.5 Å². The Bertz CT molecular complexity index is 694. The van der Waals surface area contributed by atoms with Gasteiger partial charge < -0.3 is 20.1 Å². The summed E-state index contributed by atoms with van der Waals surface area (Å²) in [7, 11) is 1.62. The Hall–Kier alpha value is -2.41. The molecule has 0 bridgehead atoms. The Morgan fingerprint density at radius 3 is 3.04 bits per heavy atom. The monoisotopic (exact) mass is 329 g/mol. The molecule has 1 atom stereocenters. The fourth-order valence-corrected chi connectivity index (χ4v) is 2.99. The van der Waals surface area contributed by atoms with Gasteiger partial charge in [-0.05, 0) is 25.8 Å². The van der Waals surface area contributed by atoms with Crippen molar-refractivity contribution < 1.29 is 9.84 Å². The van der Waals surface area contributed by atoms with Crippen LogP contribution in [-0.2, 0) is 6.54 Å². The molecule has 128 valence electrons. The van der Waals surface area contributed by atoms with E-state index in [-0.39, 0.29) is 12.6 Å². The molecule has 0 radical (unpaired) electrons. The number of hydrogen-bond donors (Lipinski definition) is 2. The Labute approximate surface area is 141 Å². The van der Waals surface area contributed by atoms with Gasteiger partial charge in [0.15, 0.2) is 0 Å². The molecule has 3 rings (SSSR count). The molecule has 1 aliphatic rings. The largest absolute Gasteiger partial charge is 0.481 e. The fourth-order valence-electron chi connectivity index (χ4n) is 2.99. The van der Waals surface area contributed by atoms with E-state index in [4.69, 9.17) is 4.74 Å². The van der Waals surface area contributed by atoms with E-state index < -0.39 is 0 Å². The molecule has 3 heterocycles. The highest BCUT2D eigenvalue weighted by atomic mass is 16.5. The minimum Gasteiger partial charge on any atom is -0.481 e. The van der Waals surface area contributed by atoms with Crippen LogP contribution in [0.25, 0.3) is 0 Å². The minimum absolute atomic E-state index is 0.147.